The van der Waals surface area contributed by atoms with Gasteiger partial charge in [0.25, 0.3) is 5.89 Å². The summed E-state index contributed by atoms with van der Waals surface area (Å²) in [6.45, 7) is 7.32. The highest BCUT2D eigenvalue weighted by Gasteiger charge is 2.22. The van der Waals surface area contributed by atoms with Crippen molar-refractivity contribution < 1.29 is 14.7 Å². The van der Waals surface area contributed by atoms with Crippen molar-refractivity contribution in [3.05, 3.63) is 46.6 Å². The molecule has 0 saturated heterocycles. The van der Waals surface area contributed by atoms with Crippen molar-refractivity contribution in [2.75, 3.05) is 44.7 Å². The van der Waals surface area contributed by atoms with E-state index in [0.29, 0.717) is 35.2 Å². The summed E-state index contributed by atoms with van der Waals surface area (Å²) in [5, 5.41) is 35.8. The summed E-state index contributed by atoms with van der Waals surface area (Å²) in [5.41, 5.74) is 5.69. The number of aliphatic hydroxyl groups excluding tert-OH is 2. The maximum absolute atomic E-state index is 9.51. The Morgan fingerprint density at radius 2 is 2.03 bits per heavy atom. The van der Waals surface area contributed by atoms with Crippen LogP contribution in [-0.2, 0) is 12.8 Å². The molecule has 2 aromatic heterocycles. The van der Waals surface area contributed by atoms with Crippen molar-refractivity contribution in [3.8, 4) is 28.9 Å². The Morgan fingerprint density at radius 3 is 2.77 bits per heavy atom. The molecule has 0 radical (unpaired) electrons. The molecule has 0 aliphatic carbocycles. The van der Waals surface area contributed by atoms with E-state index < -0.39 is 0 Å². The maximum Gasteiger partial charge on any atom is 0.259 e. The zero-order valence-corrected chi connectivity index (χ0v) is 20.3. The zero-order valence-electron chi connectivity index (χ0n) is 20.3. The molecule has 9 heteroatoms. The van der Waals surface area contributed by atoms with Gasteiger partial charge < -0.3 is 25.0 Å². The van der Waals surface area contributed by atoms with Crippen LogP contribution in [0.4, 0.5) is 5.82 Å². The Balaban J connectivity index is 1.55. The SMILES string of the molecule is CCCNc1ncc(-c2nc(-c3ccc4c(c3C)CCN(CC(CO)CO)CC4)no2)cc1C#N. The lowest BCUT2D eigenvalue weighted by Gasteiger charge is -2.23. The molecule has 4 rings (SSSR count). The van der Waals surface area contributed by atoms with E-state index in [1.807, 2.05) is 6.07 Å². The van der Waals surface area contributed by atoms with Crippen LogP contribution in [0.3, 0.4) is 0 Å². The number of fused-ring (bicyclic) bond motifs is 1. The van der Waals surface area contributed by atoms with Crippen molar-refractivity contribution in [1.29, 1.82) is 5.26 Å². The minimum atomic E-state index is -0.113. The quantitative estimate of drug-likeness (QED) is 0.426. The third-order valence-corrected chi connectivity index (χ3v) is 6.57. The first-order valence-electron chi connectivity index (χ1n) is 12.1. The molecule has 1 aromatic carbocycles. The third kappa shape index (κ3) is 5.51. The normalized spacial score (nSPS) is 13.9. The first-order valence-corrected chi connectivity index (χ1v) is 12.1. The molecule has 1 aliphatic heterocycles. The lowest BCUT2D eigenvalue weighted by atomic mass is 9.93. The van der Waals surface area contributed by atoms with Gasteiger partial charge in [0.15, 0.2) is 0 Å². The Labute approximate surface area is 205 Å². The van der Waals surface area contributed by atoms with Crippen molar-refractivity contribution in [1.82, 2.24) is 20.0 Å². The van der Waals surface area contributed by atoms with Crippen molar-refractivity contribution in [3.63, 3.8) is 0 Å². The van der Waals surface area contributed by atoms with Crippen LogP contribution in [0.15, 0.2) is 28.9 Å². The molecule has 0 spiro atoms. The molecule has 1 aliphatic rings. The van der Waals surface area contributed by atoms with Gasteiger partial charge in [-0.05, 0) is 48.9 Å². The standard InChI is InChI=1S/C26H32N6O3/c1-3-8-28-24-20(12-27)11-21(13-29-24)26-30-25(31-35-26)23-5-4-19-6-9-32(14-18(15-33)16-34)10-7-22(19)17(23)2/h4-5,11,13,18,33-34H,3,6-10,14-16H2,1-2H3,(H,28,29). The van der Waals surface area contributed by atoms with Crippen LogP contribution in [0, 0.1) is 24.2 Å². The van der Waals surface area contributed by atoms with E-state index in [1.165, 1.54) is 11.1 Å². The smallest absolute Gasteiger partial charge is 0.259 e. The largest absolute Gasteiger partial charge is 0.396 e. The summed E-state index contributed by atoms with van der Waals surface area (Å²) in [4.78, 5) is 11.3. The molecule has 184 valence electrons. The van der Waals surface area contributed by atoms with Crippen molar-refractivity contribution in [2.45, 2.75) is 33.1 Å². The molecule has 3 aromatic rings. The second-order valence-electron chi connectivity index (χ2n) is 8.99. The van der Waals surface area contributed by atoms with E-state index in [1.54, 1.807) is 12.3 Å². The molecule has 9 nitrogen and oxygen atoms in total. The number of aromatic nitrogens is 3. The Kier molecular flexibility index (Phi) is 8.08. The molecule has 0 atom stereocenters. The average Bonchev–Trinajstić information content (AvgIpc) is 3.28. The van der Waals surface area contributed by atoms with Crippen molar-refractivity contribution >= 4 is 5.82 Å². The summed E-state index contributed by atoms with van der Waals surface area (Å²) < 4.78 is 5.55. The third-order valence-electron chi connectivity index (χ3n) is 6.57. The minimum absolute atomic E-state index is 0.00730. The molecule has 0 saturated carbocycles. The number of hydrogen-bond donors (Lipinski definition) is 3. The number of nitrogens with one attached hydrogen (secondary N) is 1. The molecule has 3 N–H and O–H groups in total. The predicted octanol–water partition coefficient (Wildman–Crippen LogP) is 2.80. The molecule has 0 bridgehead atoms. The highest BCUT2D eigenvalue weighted by molar-refractivity contribution is 5.67. The number of rotatable bonds is 9. The number of aliphatic hydroxyl groups is 2. The monoisotopic (exact) mass is 476 g/mol. The zero-order chi connectivity index (χ0) is 24.8. The van der Waals surface area contributed by atoms with Gasteiger partial charge in [-0.15, -0.1) is 0 Å². The van der Waals surface area contributed by atoms with E-state index in [4.69, 9.17) is 4.52 Å². The summed E-state index contributed by atoms with van der Waals surface area (Å²) in [6, 6.07) is 8.07. The minimum Gasteiger partial charge on any atom is -0.396 e. The molecule has 0 unspecified atom stereocenters. The fourth-order valence-electron chi connectivity index (χ4n) is 4.52. The molecular formula is C26H32N6O3. The van der Waals surface area contributed by atoms with Gasteiger partial charge in [-0.1, -0.05) is 24.2 Å². The van der Waals surface area contributed by atoms with Gasteiger partial charge >= 0.3 is 0 Å². The number of hydrogen-bond acceptors (Lipinski definition) is 9. The second kappa shape index (κ2) is 11.4. The average molecular weight is 477 g/mol. The van der Waals surface area contributed by atoms with Gasteiger partial charge in [0.1, 0.15) is 11.9 Å². The van der Waals surface area contributed by atoms with Gasteiger partial charge in [0.2, 0.25) is 5.82 Å². The van der Waals surface area contributed by atoms with Crippen LogP contribution in [-0.4, -0.2) is 69.6 Å². The molecule has 0 amide bonds. The maximum atomic E-state index is 9.51. The number of benzene rings is 1. The van der Waals surface area contributed by atoms with Crippen LogP contribution in [0.5, 0.6) is 0 Å². The van der Waals surface area contributed by atoms with Gasteiger partial charge in [-0.2, -0.15) is 10.2 Å². The molecule has 35 heavy (non-hydrogen) atoms. The van der Waals surface area contributed by atoms with E-state index in [0.717, 1.165) is 50.0 Å². The Bertz CT molecular complexity index is 1200. The highest BCUT2D eigenvalue weighted by Crippen LogP contribution is 2.30. The van der Waals surface area contributed by atoms with Crippen LogP contribution < -0.4 is 5.32 Å². The lowest BCUT2D eigenvalue weighted by molar-refractivity contribution is 0.111. The van der Waals surface area contributed by atoms with Gasteiger partial charge in [-0.25, -0.2) is 4.98 Å². The van der Waals surface area contributed by atoms with Gasteiger partial charge in [0, 0.05) is 57.1 Å². The predicted molar refractivity (Wildman–Crippen MR) is 133 cm³/mol. The van der Waals surface area contributed by atoms with E-state index in [9.17, 15) is 15.5 Å². The Morgan fingerprint density at radius 1 is 1.23 bits per heavy atom. The van der Waals surface area contributed by atoms with Crippen LogP contribution >= 0.6 is 0 Å². The van der Waals surface area contributed by atoms with E-state index in [-0.39, 0.29) is 19.1 Å². The van der Waals surface area contributed by atoms with Crippen LogP contribution in [0.25, 0.3) is 22.8 Å². The van der Waals surface area contributed by atoms with E-state index >= 15 is 0 Å². The molecule has 3 heterocycles. The first kappa shape index (κ1) is 24.8. The van der Waals surface area contributed by atoms with Gasteiger partial charge in [-0.3, -0.25) is 0 Å². The summed E-state index contributed by atoms with van der Waals surface area (Å²) >= 11 is 0. The fourth-order valence-corrected chi connectivity index (χ4v) is 4.52. The van der Waals surface area contributed by atoms with Gasteiger partial charge in [0.05, 0.1) is 11.1 Å². The molecular weight excluding hydrogens is 444 g/mol. The number of nitrogens with zero attached hydrogens (tertiary/aromatic N) is 5. The molecule has 0 fully saturated rings. The number of anilines is 1. The fraction of sp³-hybridized carbons (Fsp3) is 0.462. The first-order chi connectivity index (χ1) is 17.1. The number of pyridine rings is 1. The second-order valence-corrected chi connectivity index (χ2v) is 8.99. The van der Waals surface area contributed by atoms with Crippen LogP contribution in [0.2, 0.25) is 0 Å². The lowest BCUT2D eigenvalue weighted by Crippen LogP contribution is -2.34. The van der Waals surface area contributed by atoms with E-state index in [2.05, 4.69) is 51.3 Å². The van der Waals surface area contributed by atoms with Crippen molar-refractivity contribution in [2.24, 2.45) is 5.92 Å². The Hall–Kier alpha value is -3.32. The topological polar surface area (TPSA) is 131 Å². The van der Waals surface area contributed by atoms with Crippen LogP contribution in [0.1, 0.15) is 35.6 Å². The summed E-state index contributed by atoms with van der Waals surface area (Å²) in [5.74, 6) is 1.27. The summed E-state index contributed by atoms with van der Waals surface area (Å²) in [7, 11) is 0. The highest BCUT2D eigenvalue weighted by atomic mass is 16.5. The number of nitriles is 1. The summed E-state index contributed by atoms with van der Waals surface area (Å²) in [6.07, 6.45) is 4.37.